The van der Waals surface area contributed by atoms with Crippen molar-refractivity contribution in [1.82, 2.24) is 9.97 Å². The molecule has 1 fully saturated rings. The molecule has 33 heavy (non-hydrogen) atoms. The van der Waals surface area contributed by atoms with Crippen molar-refractivity contribution in [2.75, 3.05) is 28.6 Å². The fourth-order valence-electron chi connectivity index (χ4n) is 4.63. The van der Waals surface area contributed by atoms with E-state index in [1.54, 1.807) is 0 Å². The number of alkyl halides is 3. The van der Waals surface area contributed by atoms with Crippen LogP contribution in [0.25, 0.3) is 0 Å². The Kier molecular flexibility index (Phi) is 5.89. The van der Waals surface area contributed by atoms with E-state index in [1.165, 1.54) is 12.1 Å². The molecule has 0 aliphatic carbocycles. The van der Waals surface area contributed by atoms with E-state index in [0.717, 1.165) is 18.6 Å². The number of aromatic amines is 1. The average Bonchev–Trinajstić information content (AvgIpc) is 2.71. The van der Waals surface area contributed by atoms with Crippen molar-refractivity contribution in [2.24, 2.45) is 11.8 Å². The number of nitrogens with one attached hydrogen (secondary N) is 3. The summed E-state index contributed by atoms with van der Waals surface area (Å²) in [6.45, 7) is 5.55. The Morgan fingerprint density at radius 3 is 2.48 bits per heavy atom. The van der Waals surface area contributed by atoms with E-state index in [-0.39, 0.29) is 17.8 Å². The summed E-state index contributed by atoms with van der Waals surface area (Å²) in [6, 6.07) is 4.53. The summed E-state index contributed by atoms with van der Waals surface area (Å²) in [7, 11) is 0. The third-order valence-corrected chi connectivity index (χ3v) is 5.91. The van der Waals surface area contributed by atoms with Crippen LogP contribution in [-0.4, -0.2) is 34.9 Å². The monoisotopic (exact) mass is 463 g/mol. The molecule has 0 bridgehead atoms. The first kappa shape index (κ1) is 22.8. The molecule has 8 nitrogen and oxygen atoms in total. The lowest BCUT2D eigenvalue weighted by Crippen LogP contribution is -2.42. The van der Waals surface area contributed by atoms with Crippen LogP contribution >= 0.6 is 0 Å². The number of para-hydroxylation sites is 1. The molecule has 0 saturated carbocycles. The summed E-state index contributed by atoms with van der Waals surface area (Å²) in [5.41, 5.74) is -2.14. The fraction of sp³-hybridized carbons (Fsp3) is 0.455. The van der Waals surface area contributed by atoms with Gasteiger partial charge in [0.05, 0.1) is 22.7 Å². The second-order valence-corrected chi connectivity index (χ2v) is 8.84. The largest absolute Gasteiger partial charge is 0.418 e. The van der Waals surface area contributed by atoms with Crippen molar-refractivity contribution >= 4 is 29.3 Å². The van der Waals surface area contributed by atoms with E-state index < -0.39 is 40.7 Å². The topological polar surface area (TPSA) is 107 Å². The number of anilines is 3. The number of nitrogens with zero attached hydrogens (tertiary/aromatic N) is 2. The molecule has 0 spiro atoms. The highest BCUT2D eigenvalue weighted by Crippen LogP contribution is 2.36. The number of aromatic nitrogens is 2. The van der Waals surface area contributed by atoms with Gasteiger partial charge in [-0.05, 0) is 30.4 Å². The van der Waals surface area contributed by atoms with Gasteiger partial charge in [-0.15, -0.1) is 0 Å². The summed E-state index contributed by atoms with van der Waals surface area (Å²) >= 11 is 0. The number of H-pyrrole nitrogens is 1. The maximum Gasteiger partial charge on any atom is 0.418 e. The Labute approximate surface area is 187 Å². The van der Waals surface area contributed by atoms with Crippen LogP contribution in [-0.2, 0) is 15.8 Å². The van der Waals surface area contributed by atoms with E-state index >= 15 is 0 Å². The zero-order chi connectivity index (χ0) is 23.9. The van der Waals surface area contributed by atoms with E-state index in [9.17, 15) is 27.6 Å². The molecule has 2 aliphatic rings. The van der Waals surface area contributed by atoms with Gasteiger partial charge in [-0.1, -0.05) is 26.0 Å². The molecule has 176 valence electrons. The van der Waals surface area contributed by atoms with Gasteiger partial charge in [0.2, 0.25) is 17.8 Å². The van der Waals surface area contributed by atoms with Gasteiger partial charge in [-0.3, -0.25) is 19.4 Å². The lowest BCUT2D eigenvalue weighted by atomic mass is 9.91. The second-order valence-electron chi connectivity index (χ2n) is 8.84. The number of hydrogen-bond acceptors (Lipinski definition) is 5. The molecule has 1 saturated heterocycles. The quantitative estimate of drug-likeness (QED) is 0.647. The number of amides is 2. The van der Waals surface area contributed by atoms with Gasteiger partial charge in [0, 0.05) is 19.5 Å². The summed E-state index contributed by atoms with van der Waals surface area (Å²) in [5, 5.41) is 4.77. The number of piperidine rings is 1. The van der Waals surface area contributed by atoms with Crippen molar-refractivity contribution in [3.05, 3.63) is 45.7 Å². The van der Waals surface area contributed by atoms with Crippen LogP contribution in [0.2, 0.25) is 0 Å². The standard InChI is InChI=1S/C22H24F3N5O3/c1-11-7-12(2)10-30(9-11)21-28-18-17(20(33)29-21)13(8-16(31)27-18)19(32)26-15-6-4-3-5-14(15)22(23,24)25/h3-6,11-13H,7-10H2,1-2H3,(H,26,32)(H2,27,28,29,31,33)/t11-,12-,13+/m1/s1. The lowest BCUT2D eigenvalue weighted by molar-refractivity contribution is -0.137. The van der Waals surface area contributed by atoms with Crippen molar-refractivity contribution in [1.29, 1.82) is 0 Å². The highest BCUT2D eigenvalue weighted by Gasteiger charge is 2.38. The predicted molar refractivity (Wildman–Crippen MR) is 116 cm³/mol. The number of fused-ring (bicyclic) bond motifs is 1. The molecule has 11 heteroatoms. The first-order valence-electron chi connectivity index (χ1n) is 10.7. The van der Waals surface area contributed by atoms with Gasteiger partial charge >= 0.3 is 6.18 Å². The molecular formula is C22H24F3N5O3. The van der Waals surface area contributed by atoms with Crippen LogP contribution in [0.5, 0.6) is 0 Å². The van der Waals surface area contributed by atoms with Crippen molar-refractivity contribution in [3.63, 3.8) is 0 Å². The highest BCUT2D eigenvalue weighted by molar-refractivity contribution is 6.04. The Balaban J connectivity index is 1.66. The van der Waals surface area contributed by atoms with E-state index in [1.807, 2.05) is 4.90 Å². The number of carbonyl (C=O) groups excluding carboxylic acids is 2. The summed E-state index contributed by atoms with van der Waals surface area (Å²) < 4.78 is 39.9. The number of carbonyl (C=O) groups is 2. The van der Waals surface area contributed by atoms with Crippen LogP contribution in [0, 0.1) is 11.8 Å². The minimum absolute atomic E-state index is 0.0415. The predicted octanol–water partition coefficient (Wildman–Crippen LogP) is 3.34. The lowest BCUT2D eigenvalue weighted by Gasteiger charge is -2.35. The zero-order valence-corrected chi connectivity index (χ0v) is 18.1. The summed E-state index contributed by atoms with van der Waals surface area (Å²) in [5.74, 6) is -1.69. The minimum atomic E-state index is -4.68. The fourth-order valence-corrected chi connectivity index (χ4v) is 4.63. The van der Waals surface area contributed by atoms with E-state index in [4.69, 9.17) is 0 Å². The molecule has 0 radical (unpaired) electrons. The zero-order valence-electron chi connectivity index (χ0n) is 18.1. The number of rotatable bonds is 3. The Morgan fingerprint density at radius 2 is 1.82 bits per heavy atom. The van der Waals surface area contributed by atoms with Crippen LogP contribution < -0.4 is 21.1 Å². The molecule has 1 aromatic carbocycles. The Hall–Kier alpha value is -3.37. The molecule has 2 aliphatic heterocycles. The molecule has 3 atom stereocenters. The molecule has 2 amide bonds. The maximum absolute atomic E-state index is 13.3. The van der Waals surface area contributed by atoms with E-state index in [2.05, 4.69) is 34.4 Å². The smallest absolute Gasteiger partial charge is 0.342 e. The van der Waals surface area contributed by atoms with E-state index in [0.29, 0.717) is 30.9 Å². The molecular weight excluding hydrogens is 439 g/mol. The average molecular weight is 463 g/mol. The van der Waals surface area contributed by atoms with Crippen molar-refractivity contribution in [2.45, 2.75) is 38.8 Å². The van der Waals surface area contributed by atoms with Crippen LogP contribution in [0.15, 0.2) is 29.1 Å². The Bertz CT molecular complexity index is 1140. The number of halogens is 3. The third-order valence-electron chi connectivity index (χ3n) is 5.91. The normalized spacial score (nSPS) is 23.0. The Morgan fingerprint density at radius 1 is 1.15 bits per heavy atom. The van der Waals surface area contributed by atoms with Gasteiger partial charge in [0.1, 0.15) is 5.82 Å². The van der Waals surface area contributed by atoms with Gasteiger partial charge < -0.3 is 15.5 Å². The molecule has 1 aromatic heterocycles. The highest BCUT2D eigenvalue weighted by atomic mass is 19.4. The second kappa shape index (κ2) is 8.53. The first-order chi connectivity index (χ1) is 15.5. The van der Waals surface area contributed by atoms with Crippen LogP contribution in [0.1, 0.15) is 43.7 Å². The summed E-state index contributed by atoms with van der Waals surface area (Å²) in [6.07, 6.45) is -4.01. The molecule has 3 N–H and O–H groups in total. The maximum atomic E-state index is 13.3. The number of benzene rings is 1. The molecule has 3 heterocycles. The summed E-state index contributed by atoms with van der Waals surface area (Å²) in [4.78, 5) is 47.2. The first-order valence-corrected chi connectivity index (χ1v) is 10.7. The van der Waals surface area contributed by atoms with Crippen LogP contribution in [0.4, 0.5) is 30.6 Å². The minimum Gasteiger partial charge on any atom is -0.342 e. The van der Waals surface area contributed by atoms with Gasteiger partial charge in [-0.2, -0.15) is 18.2 Å². The van der Waals surface area contributed by atoms with Crippen molar-refractivity contribution in [3.8, 4) is 0 Å². The SMILES string of the molecule is C[C@@H]1C[C@@H](C)CN(c2nc3c(c(=O)[nH]2)[C@@H](C(=O)Nc2ccccc2C(F)(F)F)CC(=O)N3)C1. The van der Waals surface area contributed by atoms with Crippen molar-refractivity contribution < 1.29 is 22.8 Å². The van der Waals surface area contributed by atoms with Crippen LogP contribution in [0.3, 0.4) is 0 Å². The molecule has 0 unspecified atom stereocenters. The third kappa shape index (κ3) is 4.71. The number of hydrogen-bond donors (Lipinski definition) is 3. The molecule has 2 aromatic rings. The molecule has 4 rings (SSSR count). The van der Waals surface area contributed by atoms with Gasteiger partial charge in [0.15, 0.2) is 0 Å². The van der Waals surface area contributed by atoms with Gasteiger partial charge in [-0.25, -0.2) is 0 Å². The van der Waals surface area contributed by atoms with Gasteiger partial charge in [0.25, 0.3) is 5.56 Å².